The minimum absolute atomic E-state index is 0.000305. The van der Waals surface area contributed by atoms with Gasteiger partial charge >= 0.3 is 0 Å². The number of nitrogens with zero attached hydrogens (tertiary/aromatic N) is 4. The average molecular weight is 515 g/mol. The van der Waals surface area contributed by atoms with Gasteiger partial charge in [0, 0.05) is 43.1 Å². The average Bonchev–Trinajstić information content (AvgIpc) is 3.53. The second-order valence-electron chi connectivity index (χ2n) is 10.2. The molecule has 38 heavy (non-hydrogen) atoms. The summed E-state index contributed by atoms with van der Waals surface area (Å²) in [5.74, 6) is 1.62. The monoisotopic (exact) mass is 514 g/mol. The van der Waals surface area contributed by atoms with Crippen molar-refractivity contribution in [1.29, 1.82) is 0 Å². The molecule has 2 aliphatic rings. The first-order valence-corrected chi connectivity index (χ1v) is 13.2. The molecule has 3 aromatic rings. The molecule has 0 saturated carbocycles. The van der Waals surface area contributed by atoms with Crippen molar-refractivity contribution in [3.63, 3.8) is 0 Å². The van der Waals surface area contributed by atoms with Crippen molar-refractivity contribution in [1.82, 2.24) is 14.9 Å². The van der Waals surface area contributed by atoms with Crippen LogP contribution in [0.15, 0.2) is 54.7 Å². The Balaban J connectivity index is 1.28. The van der Waals surface area contributed by atoms with Crippen LogP contribution in [0.5, 0.6) is 0 Å². The third-order valence-corrected chi connectivity index (χ3v) is 7.18. The number of ether oxygens (including phenoxy) is 2. The lowest BCUT2D eigenvalue weighted by molar-refractivity contribution is -0.117. The first kappa shape index (κ1) is 26.0. The van der Waals surface area contributed by atoms with E-state index in [1.54, 1.807) is 18.2 Å². The fourth-order valence-electron chi connectivity index (χ4n) is 5.09. The maximum absolute atomic E-state index is 13.0. The van der Waals surface area contributed by atoms with Gasteiger partial charge in [0.2, 0.25) is 5.91 Å². The molecule has 1 fully saturated rings. The van der Waals surface area contributed by atoms with Crippen LogP contribution in [0, 0.1) is 0 Å². The molecule has 0 aliphatic carbocycles. The number of fused-ring (bicyclic) bond motifs is 1. The predicted molar refractivity (Wildman–Crippen MR) is 145 cm³/mol. The standard InChI is InChI=1S/C30H34N4O4/c1-20(2)25-6-4-5-7-26(25)28-31-17-23-16-27(35)34(29(23)32-28)18-21-8-10-22(11-9-21)30(36)33-13-12-24(19-33)38-15-14-37-3/h4-11,17,20,24H,12-16,18-19H2,1-3H3/t24-/m0/s1. The van der Waals surface area contributed by atoms with Crippen LogP contribution in [-0.2, 0) is 27.2 Å². The van der Waals surface area contributed by atoms with Crippen LogP contribution in [-0.4, -0.2) is 66.2 Å². The van der Waals surface area contributed by atoms with Gasteiger partial charge in [-0.1, -0.05) is 50.2 Å². The largest absolute Gasteiger partial charge is 0.382 e. The summed E-state index contributed by atoms with van der Waals surface area (Å²) in [5.41, 5.74) is 4.57. The van der Waals surface area contributed by atoms with E-state index in [2.05, 4.69) is 24.9 Å². The molecule has 0 N–H and O–H groups in total. The van der Waals surface area contributed by atoms with Gasteiger partial charge in [0.1, 0.15) is 5.82 Å². The maximum atomic E-state index is 13.0. The van der Waals surface area contributed by atoms with Gasteiger partial charge in [-0.25, -0.2) is 9.97 Å². The molecule has 8 nitrogen and oxygen atoms in total. The van der Waals surface area contributed by atoms with Crippen molar-refractivity contribution in [2.45, 2.75) is 45.3 Å². The van der Waals surface area contributed by atoms with E-state index in [4.69, 9.17) is 14.5 Å². The predicted octanol–water partition coefficient (Wildman–Crippen LogP) is 4.23. The Morgan fingerprint density at radius 2 is 1.89 bits per heavy atom. The third kappa shape index (κ3) is 5.47. The molecule has 8 heteroatoms. The van der Waals surface area contributed by atoms with Gasteiger partial charge in [-0.3, -0.25) is 14.5 Å². The van der Waals surface area contributed by atoms with E-state index in [1.807, 2.05) is 47.4 Å². The number of methoxy groups -OCH3 is 1. The molecule has 2 aliphatic heterocycles. The highest BCUT2D eigenvalue weighted by Crippen LogP contribution is 2.32. The number of aromatic nitrogens is 2. The van der Waals surface area contributed by atoms with E-state index in [0.29, 0.717) is 62.4 Å². The molecule has 0 unspecified atom stereocenters. The van der Waals surface area contributed by atoms with Gasteiger partial charge < -0.3 is 14.4 Å². The van der Waals surface area contributed by atoms with Crippen LogP contribution in [0.4, 0.5) is 5.82 Å². The second kappa shape index (κ2) is 11.4. The van der Waals surface area contributed by atoms with Crippen LogP contribution in [0.25, 0.3) is 11.4 Å². The van der Waals surface area contributed by atoms with Crippen molar-refractivity contribution in [2.75, 3.05) is 38.3 Å². The van der Waals surface area contributed by atoms with E-state index in [9.17, 15) is 9.59 Å². The third-order valence-electron chi connectivity index (χ3n) is 7.18. The first-order chi connectivity index (χ1) is 18.4. The Labute approximate surface area is 223 Å². The van der Waals surface area contributed by atoms with E-state index < -0.39 is 0 Å². The quantitative estimate of drug-likeness (QED) is 0.397. The minimum Gasteiger partial charge on any atom is -0.382 e. The van der Waals surface area contributed by atoms with Crippen LogP contribution >= 0.6 is 0 Å². The fraction of sp³-hybridized carbons (Fsp3) is 0.400. The van der Waals surface area contributed by atoms with E-state index in [1.165, 1.54) is 5.56 Å². The zero-order valence-corrected chi connectivity index (χ0v) is 22.2. The summed E-state index contributed by atoms with van der Waals surface area (Å²) in [6.07, 6.45) is 2.95. The van der Waals surface area contributed by atoms with Gasteiger partial charge in [0.25, 0.3) is 5.91 Å². The molecule has 2 aromatic carbocycles. The van der Waals surface area contributed by atoms with Gasteiger partial charge in [-0.05, 0) is 35.6 Å². The van der Waals surface area contributed by atoms with Gasteiger partial charge in [0.15, 0.2) is 5.82 Å². The Morgan fingerprint density at radius 1 is 1.11 bits per heavy atom. The normalized spacial score (nSPS) is 16.9. The molecule has 0 radical (unpaired) electrons. The molecule has 1 saturated heterocycles. The number of anilines is 1. The van der Waals surface area contributed by atoms with Crippen molar-refractivity contribution in [3.05, 3.63) is 77.0 Å². The lowest BCUT2D eigenvalue weighted by Gasteiger charge is -2.19. The summed E-state index contributed by atoms with van der Waals surface area (Å²) in [7, 11) is 1.65. The number of hydrogen-bond donors (Lipinski definition) is 0. The molecule has 1 aromatic heterocycles. The summed E-state index contributed by atoms with van der Waals surface area (Å²) in [4.78, 5) is 38.9. The molecule has 5 rings (SSSR count). The number of benzene rings is 2. The van der Waals surface area contributed by atoms with Crippen LogP contribution in [0.2, 0.25) is 0 Å². The zero-order chi connectivity index (χ0) is 26.6. The number of carbonyl (C=O) groups excluding carboxylic acids is 2. The highest BCUT2D eigenvalue weighted by Gasteiger charge is 2.31. The van der Waals surface area contributed by atoms with Crippen LogP contribution in [0.1, 0.15) is 53.2 Å². The molecular formula is C30H34N4O4. The number of carbonyl (C=O) groups is 2. The van der Waals surface area contributed by atoms with Crippen LogP contribution < -0.4 is 4.90 Å². The number of hydrogen-bond acceptors (Lipinski definition) is 6. The van der Waals surface area contributed by atoms with E-state index >= 15 is 0 Å². The molecule has 3 heterocycles. The molecule has 0 bridgehead atoms. The Morgan fingerprint density at radius 3 is 2.66 bits per heavy atom. The molecule has 1 atom stereocenters. The summed E-state index contributed by atoms with van der Waals surface area (Å²) < 4.78 is 10.8. The molecule has 2 amide bonds. The molecule has 0 spiro atoms. The van der Waals surface area contributed by atoms with E-state index in [0.717, 1.165) is 23.1 Å². The van der Waals surface area contributed by atoms with Gasteiger partial charge in [-0.2, -0.15) is 0 Å². The minimum atomic E-state index is -0.00168. The van der Waals surface area contributed by atoms with Crippen molar-refractivity contribution >= 4 is 17.6 Å². The SMILES string of the molecule is COCCO[C@H]1CCN(C(=O)c2ccc(CN3C(=O)Cc4cnc(-c5ccccc5C(C)C)nc43)cc2)C1. The Bertz CT molecular complexity index is 1310. The highest BCUT2D eigenvalue weighted by atomic mass is 16.5. The second-order valence-corrected chi connectivity index (χ2v) is 10.2. The van der Waals surface area contributed by atoms with Gasteiger partial charge in [-0.15, -0.1) is 0 Å². The smallest absolute Gasteiger partial charge is 0.253 e. The van der Waals surface area contributed by atoms with E-state index in [-0.39, 0.29) is 17.9 Å². The highest BCUT2D eigenvalue weighted by molar-refractivity contribution is 6.00. The molecular weight excluding hydrogens is 480 g/mol. The summed E-state index contributed by atoms with van der Waals surface area (Å²) in [6, 6.07) is 15.6. The fourth-order valence-corrected chi connectivity index (χ4v) is 5.09. The van der Waals surface area contributed by atoms with Crippen molar-refractivity contribution < 1.29 is 19.1 Å². The van der Waals surface area contributed by atoms with Crippen molar-refractivity contribution in [3.8, 4) is 11.4 Å². The lowest BCUT2D eigenvalue weighted by Crippen LogP contribution is -2.30. The summed E-state index contributed by atoms with van der Waals surface area (Å²) >= 11 is 0. The Kier molecular flexibility index (Phi) is 7.81. The number of likely N-dealkylation sites (tertiary alicyclic amines) is 1. The number of amides is 2. The number of rotatable bonds is 9. The topological polar surface area (TPSA) is 84.9 Å². The molecule has 198 valence electrons. The van der Waals surface area contributed by atoms with Gasteiger partial charge in [0.05, 0.1) is 32.3 Å². The first-order valence-electron chi connectivity index (χ1n) is 13.2. The zero-order valence-electron chi connectivity index (χ0n) is 22.2. The van der Waals surface area contributed by atoms with Crippen molar-refractivity contribution in [2.24, 2.45) is 0 Å². The summed E-state index contributed by atoms with van der Waals surface area (Å²) in [5, 5.41) is 0. The summed E-state index contributed by atoms with van der Waals surface area (Å²) in [6.45, 7) is 7.04. The maximum Gasteiger partial charge on any atom is 0.253 e. The van der Waals surface area contributed by atoms with Crippen LogP contribution in [0.3, 0.4) is 0 Å². The lowest BCUT2D eigenvalue weighted by atomic mass is 9.97. The Hall–Kier alpha value is -3.62.